The summed E-state index contributed by atoms with van der Waals surface area (Å²) in [6.45, 7) is 5.35. The van der Waals surface area contributed by atoms with Crippen LogP contribution in [0.15, 0.2) is 63.8 Å². The lowest BCUT2D eigenvalue weighted by molar-refractivity contribution is -0.115. The van der Waals surface area contributed by atoms with Gasteiger partial charge in [-0.15, -0.1) is 10.2 Å². The summed E-state index contributed by atoms with van der Waals surface area (Å²) in [5.41, 5.74) is 1.27. The summed E-state index contributed by atoms with van der Waals surface area (Å²) in [7, 11) is 1.77. The SMILES string of the molecule is C/C=C/C=C/C(=O)Nc1nnc(SC(C)C(=O)Nc2c(C)n(C)n(-c3ccccc3)c2=O)s1. The number of hydrogen-bond acceptors (Lipinski definition) is 7. The highest BCUT2D eigenvalue weighted by Gasteiger charge is 2.22. The fourth-order valence-electron chi connectivity index (χ4n) is 2.85. The number of benzene rings is 1. The van der Waals surface area contributed by atoms with Gasteiger partial charge in [-0.1, -0.05) is 59.5 Å². The van der Waals surface area contributed by atoms with Crippen molar-refractivity contribution < 1.29 is 9.59 Å². The quantitative estimate of drug-likeness (QED) is 0.219. The molecule has 2 amide bonds. The molecule has 0 spiro atoms. The van der Waals surface area contributed by atoms with Gasteiger partial charge in [0.25, 0.3) is 5.56 Å². The van der Waals surface area contributed by atoms with Gasteiger partial charge in [0.15, 0.2) is 4.34 Å². The number of anilines is 2. The van der Waals surface area contributed by atoms with Gasteiger partial charge in [-0.2, -0.15) is 0 Å². The number of thioether (sulfide) groups is 1. The van der Waals surface area contributed by atoms with E-state index in [9.17, 15) is 14.4 Å². The number of carbonyl (C=O) groups is 2. The first-order chi connectivity index (χ1) is 15.8. The second kappa shape index (κ2) is 10.9. The number of para-hydroxylation sites is 1. The van der Waals surface area contributed by atoms with Crippen LogP contribution in [0.1, 0.15) is 19.5 Å². The monoisotopic (exact) mass is 484 g/mol. The van der Waals surface area contributed by atoms with E-state index >= 15 is 0 Å². The van der Waals surface area contributed by atoms with E-state index in [0.29, 0.717) is 20.9 Å². The van der Waals surface area contributed by atoms with E-state index in [1.54, 1.807) is 37.7 Å². The summed E-state index contributed by atoms with van der Waals surface area (Å²) in [6, 6.07) is 9.22. The summed E-state index contributed by atoms with van der Waals surface area (Å²) in [6.07, 6.45) is 6.55. The zero-order valence-electron chi connectivity index (χ0n) is 18.6. The number of amides is 2. The molecule has 1 aromatic carbocycles. The van der Waals surface area contributed by atoms with Crippen molar-refractivity contribution in [2.75, 3.05) is 10.6 Å². The molecule has 0 saturated carbocycles. The maximum atomic E-state index is 13.0. The minimum absolute atomic E-state index is 0.233. The summed E-state index contributed by atoms with van der Waals surface area (Å²) in [5, 5.41) is 13.1. The maximum Gasteiger partial charge on any atom is 0.295 e. The predicted octanol–water partition coefficient (Wildman–Crippen LogP) is 3.53. The molecule has 9 nitrogen and oxygen atoms in total. The first-order valence-corrected chi connectivity index (χ1v) is 11.8. The molecular weight excluding hydrogens is 460 g/mol. The maximum absolute atomic E-state index is 13.0. The van der Waals surface area contributed by atoms with Crippen molar-refractivity contribution in [1.82, 2.24) is 19.6 Å². The summed E-state index contributed by atoms with van der Waals surface area (Å²) in [5.74, 6) is -0.651. The zero-order valence-corrected chi connectivity index (χ0v) is 20.2. The van der Waals surface area contributed by atoms with Gasteiger partial charge in [0, 0.05) is 13.1 Å². The Hall–Kier alpha value is -3.44. The molecule has 172 valence electrons. The normalized spacial score (nSPS) is 12.4. The smallest absolute Gasteiger partial charge is 0.295 e. The van der Waals surface area contributed by atoms with Crippen molar-refractivity contribution >= 4 is 45.7 Å². The molecular formula is C22H24N6O3S2. The number of carbonyl (C=O) groups excluding carboxylic acids is 2. The summed E-state index contributed by atoms with van der Waals surface area (Å²) in [4.78, 5) is 37.6. The van der Waals surface area contributed by atoms with E-state index in [0.717, 1.165) is 0 Å². The molecule has 1 unspecified atom stereocenters. The molecule has 0 radical (unpaired) electrons. The molecule has 3 rings (SSSR count). The highest BCUT2D eigenvalue weighted by atomic mass is 32.2. The predicted molar refractivity (Wildman–Crippen MR) is 132 cm³/mol. The Kier molecular flexibility index (Phi) is 8.01. The molecule has 2 N–H and O–H groups in total. The molecule has 0 aliphatic heterocycles. The lowest BCUT2D eigenvalue weighted by Gasteiger charge is -2.09. The molecule has 11 heteroatoms. The average Bonchev–Trinajstić information content (AvgIpc) is 3.31. The molecule has 0 aliphatic rings. The molecule has 3 aromatic rings. The number of aromatic nitrogens is 4. The fourth-order valence-corrected chi connectivity index (χ4v) is 4.75. The Bertz CT molecular complexity index is 1260. The summed E-state index contributed by atoms with van der Waals surface area (Å²) < 4.78 is 3.74. The Morgan fingerprint density at radius 1 is 1.15 bits per heavy atom. The highest BCUT2D eigenvalue weighted by molar-refractivity contribution is 8.02. The Morgan fingerprint density at radius 3 is 2.58 bits per heavy atom. The third-order valence-electron chi connectivity index (χ3n) is 4.64. The van der Waals surface area contributed by atoms with Crippen LogP contribution in [0.2, 0.25) is 0 Å². The number of hydrogen-bond donors (Lipinski definition) is 2. The molecule has 0 bridgehead atoms. The molecule has 2 aromatic heterocycles. The van der Waals surface area contributed by atoms with Gasteiger partial charge in [-0.3, -0.25) is 24.4 Å². The molecule has 0 saturated heterocycles. The largest absolute Gasteiger partial charge is 0.319 e. The van der Waals surface area contributed by atoms with Crippen molar-refractivity contribution in [1.29, 1.82) is 0 Å². The van der Waals surface area contributed by atoms with Crippen molar-refractivity contribution in [3.05, 3.63) is 70.7 Å². The Balaban J connectivity index is 1.67. The van der Waals surface area contributed by atoms with E-state index < -0.39 is 5.25 Å². The fraction of sp³-hybridized carbons (Fsp3) is 0.227. The minimum Gasteiger partial charge on any atom is -0.319 e. The lowest BCUT2D eigenvalue weighted by Crippen LogP contribution is -2.27. The molecule has 0 aliphatic carbocycles. The number of nitrogens with zero attached hydrogens (tertiary/aromatic N) is 4. The lowest BCUT2D eigenvalue weighted by atomic mass is 10.3. The molecule has 1 atom stereocenters. The first-order valence-electron chi connectivity index (χ1n) is 10.1. The van der Waals surface area contributed by atoms with E-state index in [4.69, 9.17) is 0 Å². The second-order valence-electron chi connectivity index (χ2n) is 6.93. The van der Waals surface area contributed by atoms with Crippen LogP contribution in [-0.2, 0) is 16.6 Å². The first kappa shape index (κ1) is 24.2. The molecule has 0 fully saturated rings. The molecule has 33 heavy (non-hydrogen) atoms. The van der Waals surface area contributed by atoms with Crippen LogP contribution in [0.4, 0.5) is 10.8 Å². The van der Waals surface area contributed by atoms with Gasteiger partial charge in [0.1, 0.15) is 5.69 Å². The van der Waals surface area contributed by atoms with Gasteiger partial charge < -0.3 is 5.32 Å². The topological polar surface area (TPSA) is 111 Å². The van der Waals surface area contributed by atoms with E-state index in [1.165, 1.54) is 33.9 Å². The van der Waals surface area contributed by atoms with Gasteiger partial charge >= 0.3 is 0 Å². The Morgan fingerprint density at radius 2 is 1.88 bits per heavy atom. The minimum atomic E-state index is -0.541. The highest BCUT2D eigenvalue weighted by Crippen LogP contribution is 2.29. The van der Waals surface area contributed by atoms with Gasteiger partial charge in [0.05, 0.1) is 16.6 Å². The van der Waals surface area contributed by atoms with Crippen molar-refractivity contribution in [3.63, 3.8) is 0 Å². The number of allylic oxidation sites excluding steroid dienone is 3. The van der Waals surface area contributed by atoms with Crippen LogP contribution < -0.4 is 16.2 Å². The zero-order chi connectivity index (χ0) is 24.0. The van der Waals surface area contributed by atoms with Crippen LogP contribution >= 0.6 is 23.1 Å². The summed E-state index contributed by atoms with van der Waals surface area (Å²) >= 11 is 2.37. The number of rotatable bonds is 8. The van der Waals surface area contributed by atoms with Crippen molar-refractivity contribution in [2.24, 2.45) is 7.05 Å². The second-order valence-corrected chi connectivity index (χ2v) is 9.50. The van der Waals surface area contributed by atoms with E-state index in [-0.39, 0.29) is 23.1 Å². The number of nitrogens with one attached hydrogen (secondary N) is 2. The van der Waals surface area contributed by atoms with Crippen LogP contribution in [0.3, 0.4) is 0 Å². The van der Waals surface area contributed by atoms with Gasteiger partial charge in [-0.05, 0) is 32.9 Å². The van der Waals surface area contributed by atoms with Gasteiger partial charge in [0.2, 0.25) is 16.9 Å². The van der Waals surface area contributed by atoms with Crippen molar-refractivity contribution in [2.45, 2.75) is 30.4 Å². The average molecular weight is 485 g/mol. The van der Waals surface area contributed by atoms with E-state index in [1.807, 2.05) is 43.3 Å². The van der Waals surface area contributed by atoms with Crippen LogP contribution in [0.25, 0.3) is 5.69 Å². The molecule has 2 heterocycles. The van der Waals surface area contributed by atoms with Crippen LogP contribution in [0.5, 0.6) is 0 Å². The Labute approximate surface area is 199 Å². The van der Waals surface area contributed by atoms with Crippen molar-refractivity contribution in [3.8, 4) is 5.69 Å². The third kappa shape index (κ3) is 5.88. The van der Waals surface area contributed by atoms with Gasteiger partial charge in [-0.25, -0.2) is 4.68 Å². The van der Waals surface area contributed by atoms with E-state index in [2.05, 4.69) is 20.8 Å². The standard InChI is InChI=1S/C22H24N6O3S2/c1-5-6-8-13-17(29)23-21-25-26-22(33-21)32-15(3)19(30)24-18-14(2)27(4)28(20(18)31)16-11-9-7-10-12-16/h5-13,15H,1-4H3,(H,24,30)(H,23,25,29)/b6-5+,13-8+. The van der Waals surface area contributed by atoms with Crippen LogP contribution in [-0.4, -0.2) is 36.6 Å². The van der Waals surface area contributed by atoms with Crippen LogP contribution in [0, 0.1) is 6.92 Å². The third-order valence-corrected chi connectivity index (χ3v) is 6.66.